The van der Waals surface area contributed by atoms with Gasteiger partial charge in [0.05, 0.1) is 12.8 Å². The summed E-state index contributed by atoms with van der Waals surface area (Å²) in [5.74, 6) is 2.34. The van der Waals surface area contributed by atoms with Crippen LogP contribution < -0.4 is 10.1 Å². The molecule has 2 atom stereocenters. The van der Waals surface area contributed by atoms with Crippen LogP contribution in [0, 0.1) is 5.92 Å². The summed E-state index contributed by atoms with van der Waals surface area (Å²) in [5.41, 5.74) is 6.89. The van der Waals surface area contributed by atoms with E-state index in [-0.39, 0.29) is 0 Å². The number of nitrogens with zero attached hydrogens (tertiary/aromatic N) is 1. The molecule has 0 radical (unpaired) electrons. The molecule has 1 heterocycles. The maximum Gasteiger partial charge on any atom is 0.122 e. The van der Waals surface area contributed by atoms with Gasteiger partial charge in [-0.15, -0.1) is 0 Å². The first-order chi connectivity index (χ1) is 12.8. The summed E-state index contributed by atoms with van der Waals surface area (Å²) >= 11 is 0. The van der Waals surface area contributed by atoms with Crippen LogP contribution in [-0.2, 0) is 19.3 Å². The minimum atomic E-state index is 0.566. The molecule has 1 aliphatic carbocycles. The number of benzene rings is 2. The molecular weight excluding hydrogens is 320 g/mol. The molecule has 1 N–H and O–H groups in total. The van der Waals surface area contributed by atoms with E-state index in [1.165, 1.54) is 35.1 Å². The molecule has 136 valence electrons. The molecule has 26 heavy (non-hydrogen) atoms. The van der Waals surface area contributed by atoms with Crippen LogP contribution in [0.4, 0.5) is 5.69 Å². The van der Waals surface area contributed by atoms with Gasteiger partial charge >= 0.3 is 0 Å². The Labute approximate surface area is 156 Å². The van der Waals surface area contributed by atoms with Crippen LogP contribution in [0.25, 0.3) is 0 Å². The zero-order chi connectivity index (χ0) is 17.9. The number of hydrogen-bond donors (Lipinski definition) is 1. The van der Waals surface area contributed by atoms with Gasteiger partial charge in [0.2, 0.25) is 0 Å². The Morgan fingerprint density at radius 2 is 2.15 bits per heavy atom. The van der Waals surface area contributed by atoms with E-state index >= 15 is 0 Å². The minimum Gasteiger partial charge on any atom is -0.496 e. The fourth-order valence-corrected chi connectivity index (χ4v) is 4.69. The van der Waals surface area contributed by atoms with E-state index in [4.69, 9.17) is 4.74 Å². The number of fused-ring (bicyclic) bond motifs is 2. The third-order valence-electron chi connectivity index (χ3n) is 6.04. The highest BCUT2D eigenvalue weighted by Gasteiger charge is 2.30. The quantitative estimate of drug-likeness (QED) is 0.837. The number of hydrogen-bond acceptors (Lipinski definition) is 3. The van der Waals surface area contributed by atoms with Crippen molar-refractivity contribution in [3.63, 3.8) is 0 Å². The SMILES string of the molecule is CNCC1c2cccc(OC)c2CCC1CCc1ccc2c(c1)CC=N2. The molecule has 3 heteroatoms. The lowest BCUT2D eigenvalue weighted by Crippen LogP contribution is -2.29. The summed E-state index contributed by atoms with van der Waals surface area (Å²) in [5, 5.41) is 3.42. The normalized spacial score (nSPS) is 20.7. The molecule has 0 saturated carbocycles. The minimum absolute atomic E-state index is 0.566. The zero-order valence-corrected chi connectivity index (χ0v) is 15.8. The second-order valence-corrected chi connectivity index (χ2v) is 7.51. The van der Waals surface area contributed by atoms with Crippen LogP contribution in [0.1, 0.15) is 41.0 Å². The van der Waals surface area contributed by atoms with Crippen molar-refractivity contribution in [2.24, 2.45) is 10.9 Å². The second kappa shape index (κ2) is 7.63. The smallest absolute Gasteiger partial charge is 0.122 e. The number of aliphatic imine (C=N–C) groups is 1. The van der Waals surface area contributed by atoms with Gasteiger partial charge in [-0.05, 0) is 79.0 Å². The lowest BCUT2D eigenvalue weighted by atomic mass is 9.72. The van der Waals surface area contributed by atoms with E-state index < -0.39 is 0 Å². The number of ether oxygens (including phenoxy) is 1. The molecular formula is C23H28N2O. The van der Waals surface area contributed by atoms with Gasteiger partial charge in [-0.1, -0.05) is 24.3 Å². The molecule has 1 aliphatic heterocycles. The number of likely N-dealkylation sites (N-methyl/N-ethyl adjacent to an activating group) is 1. The van der Waals surface area contributed by atoms with E-state index in [2.05, 4.69) is 53.8 Å². The average Bonchev–Trinajstić information content (AvgIpc) is 3.14. The standard InChI is InChI=1S/C23H28N2O/c1-24-15-21-17(9-10-20-19(21)4-3-5-23(20)26-2)8-6-16-7-11-22-18(14-16)12-13-25-22/h3-5,7,11,13-14,17,21,24H,6,8-10,12,15H2,1-2H3. The van der Waals surface area contributed by atoms with Crippen molar-refractivity contribution in [2.45, 2.75) is 38.0 Å². The van der Waals surface area contributed by atoms with Crippen molar-refractivity contribution in [3.05, 3.63) is 58.7 Å². The number of methoxy groups -OCH3 is 1. The Hall–Kier alpha value is -2.13. The molecule has 2 aromatic rings. The molecule has 0 saturated heterocycles. The second-order valence-electron chi connectivity index (χ2n) is 7.51. The van der Waals surface area contributed by atoms with E-state index in [9.17, 15) is 0 Å². The van der Waals surface area contributed by atoms with Gasteiger partial charge in [0.15, 0.2) is 0 Å². The fraction of sp³-hybridized carbons (Fsp3) is 0.435. The van der Waals surface area contributed by atoms with Gasteiger partial charge in [-0.3, -0.25) is 4.99 Å². The summed E-state index contributed by atoms with van der Waals surface area (Å²) in [6, 6.07) is 13.3. The van der Waals surface area contributed by atoms with E-state index in [0.717, 1.165) is 37.2 Å². The summed E-state index contributed by atoms with van der Waals surface area (Å²) in [4.78, 5) is 4.42. The fourth-order valence-electron chi connectivity index (χ4n) is 4.69. The Bertz CT molecular complexity index is 812. The van der Waals surface area contributed by atoms with Crippen molar-refractivity contribution >= 4 is 11.9 Å². The molecule has 0 aromatic heterocycles. The van der Waals surface area contributed by atoms with Crippen molar-refractivity contribution < 1.29 is 4.74 Å². The molecule has 2 unspecified atom stereocenters. The third-order valence-corrected chi connectivity index (χ3v) is 6.04. The Morgan fingerprint density at radius 3 is 3.00 bits per heavy atom. The monoisotopic (exact) mass is 348 g/mol. The molecule has 3 nitrogen and oxygen atoms in total. The van der Waals surface area contributed by atoms with Crippen molar-refractivity contribution in [1.82, 2.24) is 5.32 Å². The van der Waals surface area contributed by atoms with Gasteiger partial charge in [-0.2, -0.15) is 0 Å². The van der Waals surface area contributed by atoms with Crippen molar-refractivity contribution in [1.29, 1.82) is 0 Å². The van der Waals surface area contributed by atoms with Crippen molar-refractivity contribution in [3.8, 4) is 5.75 Å². The van der Waals surface area contributed by atoms with Gasteiger partial charge in [0.1, 0.15) is 5.75 Å². The maximum absolute atomic E-state index is 5.61. The average molecular weight is 348 g/mol. The van der Waals surface area contributed by atoms with Crippen LogP contribution in [0.3, 0.4) is 0 Å². The predicted molar refractivity (Wildman–Crippen MR) is 108 cm³/mol. The Kier molecular flexibility index (Phi) is 5.07. The first kappa shape index (κ1) is 17.3. The number of nitrogens with one attached hydrogen (secondary N) is 1. The van der Waals surface area contributed by atoms with Crippen molar-refractivity contribution in [2.75, 3.05) is 20.7 Å². The maximum atomic E-state index is 5.61. The Morgan fingerprint density at radius 1 is 1.23 bits per heavy atom. The first-order valence-electron chi connectivity index (χ1n) is 9.75. The van der Waals surface area contributed by atoms with E-state index in [1.54, 1.807) is 7.11 Å². The summed E-state index contributed by atoms with van der Waals surface area (Å²) in [6.07, 6.45) is 7.77. The predicted octanol–water partition coefficient (Wildman–Crippen LogP) is 4.45. The Balaban J connectivity index is 1.51. The molecule has 4 rings (SSSR count). The number of rotatable bonds is 6. The highest BCUT2D eigenvalue weighted by Crippen LogP contribution is 2.41. The lowest BCUT2D eigenvalue weighted by molar-refractivity contribution is 0.332. The lowest BCUT2D eigenvalue weighted by Gasteiger charge is -2.34. The molecule has 2 aliphatic rings. The molecule has 0 spiro atoms. The van der Waals surface area contributed by atoms with Crippen LogP contribution in [0.15, 0.2) is 41.4 Å². The summed E-state index contributed by atoms with van der Waals surface area (Å²) in [7, 11) is 3.85. The van der Waals surface area contributed by atoms with E-state index in [1.807, 2.05) is 6.21 Å². The highest BCUT2D eigenvalue weighted by molar-refractivity contribution is 5.75. The topological polar surface area (TPSA) is 33.6 Å². The summed E-state index contributed by atoms with van der Waals surface area (Å²) in [6.45, 7) is 1.03. The molecule has 2 aromatic carbocycles. The van der Waals surface area contributed by atoms with Crippen LogP contribution in [0.2, 0.25) is 0 Å². The molecule has 0 amide bonds. The van der Waals surface area contributed by atoms with E-state index in [0.29, 0.717) is 11.8 Å². The van der Waals surface area contributed by atoms with Gasteiger partial charge in [-0.25, -0.2) is 0 Å². The van der Waals surface area contributed by atoms with Gasteiger partial charge in [0, 0.05) is 19.2 Å². The third kappa shape index (κ3) is 3.28. The van der Waals surface area contributed by atoms with Crippen LogP contribution >= 0.6 is 0 Å². The van der Waals surface area contributed by atoms with Crippen LogP contribution in [-0.4, -0.2) is 26.9 Å². The van der Waals surface area contributed by atoms with Gasteiger partial charge < -0.3 is 10.1 Å². The first-order valence-corrected chi connectivity index (χ1v) is 9.75. The summed E-state index contributed by atoms with van der Waals surface area (Å²) < 4.78 is 5.61. The van der Waals surface area contributed by atoms with Crippen LogP contribution in [0.5, 0.6) is 5.75 Å². The molecule has 0 bridgehead atoms. The molecule has 0 fully saturated rings. The highest BCUT2D eigenvalue weighted by atomic mass is 16.5. The van der Waals surface area contributed by atoms with Gasteiger partial charge in [0.25, 0.3) is 0 Å². The largest absolute Gasteiger partial charge is 0.496 e. The zero-order valence-electron chi connectivity index (χ0n) is 15.8. The number of aryl methyl sites for hydroxylation is 1.